The molecule has 3 heteroatoms. The Bertz CT molecular complexity index is 305. The zero-order valence-corrected chi connectivity index (χ0v) is 9.92. The van der Waals surface area contributed by atoms with E-state index in [9.17, 15) is 9.90 Å². The van der Waals surface area contributed by atoms with Crippen molar-refractivity contribution < 1.29 is 9.90 Å². The third-order valence-corrected chi connectivity index (χ3v) is 3.62. The van der Waals surface area contributed by atoms with Crippen LogP contribution in [0.4, 0.5) is 0 Å². The highest BCUT2D eigenvalue weighted by atomic mass is 35.5. The summed E-state index contributed by atoms with van der Waals surface area (Å²) in [5, 5.41) is 9.64. The van der Waals surface area contributed by atoms with Crippen molar-refractivity contribution in [2.75, 3.05) is 0 Å². The smallest absolute Gasteiger partial charge is 0.147 e. The summed E-state index contributed by atoms with van der Waals surface area (Å²) in [7, 11) is 0. The number of aldehydes is 1. The molecule has 1 aliphatic carbocycles. The van der Waals surface area contributed by atoms with E-state index >= 15 is 0 Å². The summed E-state index contributed by atoms with van der Waals surface area (Å²) in [6.45, 7) is 4.06. The highest BCUT2D eigenvalue weighted by molar-refractivity contribution is 6.33. The SMILES string of the molecule is CCC1CCC(C)C(C=O)=C(Cl)C1=CO. The molecule has 0 bridgehead atoms. The Morgan fingerprint density at radius 3 is 2.67 bits per heavy atom. The minimum absolute atomic E-state index is 0.182. The lowest BCUT2D eigenvalue weighted by molar-refractivity contribution is -0.105. The lowest BCUT2D eigenvalue weighted by atomic mass is 9.92. The van der Waals surface area contributed by atoms with Crippen molar-refractivity contribution in [3.8, 4) is 0 Å². The number of aliphatic hydroxyl groups is 1. The summed E-state index contributed by atoms with van der Waals surface area (Å²) in [4.78, 5) is 10.9. The predicted molar refractivity (Wildman–Crippen MR) is 61.8 cm³/mol. The Morgan fingerprint density at radius 2 is 2.20 bits per heavy atom. The molecule has 0 spiro atoms. The van der Waals surface area contributed by atoms with Crippen molar-refractivity contribution in [3.63, 3.8) is 0 Å². The van der Waals surface area contributed by atoms with Crippen molar-refractivity contribution >= 4 is 17.9 Å². The van der Waals surface area contributed by atoms with Crippen LogP contribution in [0.5, 0.6) is 0 Å². The first-order valence-corrected chi connectivity index (χ1v) is 5.72. The van der Waals surface area contributed by atoms with E-state index in [2.05, 4.69) is 6.92 Å². The second-order valence-corrected chi connectivity index (χ2v) is 4.43. The zero-order chi connectivity index (χ0) is 11.4. The van der Waals surface area contributed by atoms with Gasteiger partial charge in [0.2, 0.25) is 0 Å². The molecule has 1 N–H and O–H groups in total. The molecule has 1 aliphatic rings. The standard InChI is InChI=1S/C12H17ClO2/c1-3-9-5-4-8(2)10(6-14)12(13)11(9)7-15/h6-9,15H,3-5H2,1-2H3. The van der Waals surface area contributed by atoms with Gasteiger partial charge in [0.15, 0.2) is 0 Å². The third kappa shape index (κ3) is 2.43. The molecule has 0 heterocycles. The molecular weight excluding hydrogens is 212 g/mol. The van der Waals surface area contributed by atoms with Gasteiger partial charge in [-0.05, 0) is 31.1 Å². The maximum Gasteiger partial charge on any atom is 0.147 e. The van der Waals surface area contributed by atoms with Crippen molar-refractivity contribution in [3.05, 3.63) is 22.4 Å². The van der Waals surface area contributed by atoms with Crippen LogP contribution in [0.3, 0.4) is 0 Å². The highest BCUT2D eigenvalue weighted by Gasteiger charge is 2.25. The van der Waals surface area contributed by atoms with Crippen molar-refractivity contribution in [1.82, 2.24) is 0 Å². The van der Waals surface area contributed by atoms with Gasteiger partial charge in [-0.15, -0.1) is 0 Å². The third-order valence-electron chi connectivity index (χ3n) is 3.18. The van der Waals surface area contributed by atoms with Gasteiger partial charge in [0, 0.05) is 11.1 Å². The molecule has 0 aromatic rings. The first-order valence-electron chi connectivity index (χ1n) is 5.35. The van der Waals surface area contributed by atoms with E-state index in [4.69, 9.17) is 11.6 Å². The molecule has 0 aromatic heterocycles. The molecule has 15 heavy (non-hydrogen) atoms. The fraction of sp³-hybridized carbons (Fsp3) is 0.583. The van der Waals surface area contributed by atoms with Gasteiger partial charge in [0.25, 0.3) is 0 Å². The van der Waals surface area contributed by atoms with Gasteiger partial charge >= 0.3 is 0 Å². The van der Waals surface area contributed by atoms with Gasteiger partial charge < -0.3 is 5.11 Å². The molecule has 2 unspecified atom stereocenters. The molecule has 0 fully saturated rings. The summed E-state index contributed by atoms with van der Waals surface area (Å²) in [6.07, 6.45) is 4.71. The Kier molecular flexibility index (Phi) is 4.40. The van der Waals surface area contributed by atoms with E-state index in [-0.39, 0.29) is 11.8 Å². The first-order chi connectivity index (χ1) is 7.15. The van der Waals surface area contributed by atoms with Crippen LogP contribution in [-0.2, 0) is 4.79 Å². The van der Waals surface area contributed by atoms with E-state index in [0.717, 1.165) is 31.8 Å². The van der Waals surface area contributed by atoms with Gasteiger partial charge in [-0.1, -0.05) is 25.4 Å². The Labute approximate surface area is 95.6 Å². The Balaban J connectivity index is 3.16. The molecule has 2 nitrogen and oxygen atoms in total. The molecule has 0 radical (unpaired) electrons. The second kappa shape index (κ2) is 5.36. The normalized spacial score (nSPS) is 30.5. The monoisotopic (exact) mass is 228 g/mol. The van der Waals surface area contributed by atoms with Crippen molar-refractivity contribution in [1.29, 1.82) is 0 Å². The maximum atomic E-state index is 10.9. The number of halogens is 1. The Hall–Kier alpha value is -0.760. The largest absolute Gasteiger partial charge is 0.515 e. The highest BCUT2D eigenvalue weighted by Crippen LogP contribution is 2.38. The summed E-state index contributed by atoms with van der Waals surface area (Å²) in [5.74, 6) is 0.448. The average Bonchev–Trinajstić information content (AvgIpc) is 2.35. The summed E-state index contributed by atoms with van der Waals surface area (Å²) in [5.41, 5.74) is 1.33. The van der Waals surface area contributed by atoms with E-state index in [1.54, 1.807) is 0 Å². The lowest BCUT2D eigenvalue weighted by Gasteiger charge is -2.14. The molecular formula is C12H17ClO2. The summed E-state index contributed by atoms with van der Waals surface area (Å²) in [6, 6.07) is 0. The van der Waals surface area contributed by atoms with Crippen LogP contribution in [0, 0.1) is 11.8 Å². The summed E-state index contributed by atoms with van der Waals surface area (Å²) >= 11 is 6.14. The zero-order valence-electron chi connectivity index (χ0n) is 9.16. The summed E-state index contributed by atoms with van der Waals surface area (Å²) < 4.78 is 0. The molecule has 2 atom stereocenters. The number of rotatable bonds is 2. The van der Waals surface area contributed by atoms with Crippen LogP contribution in [0.15, 0.2) is 22.4 Å². The van der Waals surface area contributed by atoms with E-state index in [1.807, 2.05) is 6.92 Å². The minimum atomic E-state index is 0.182. The van der Waals surface area contributed by atoms with Gasteiger partial charge in [0.05, 0.1) is 11.3 Å². The number of allylic oxidation sites excluding steroid dienone is 3. The van der Waals surface area contributed by atoms with Crippen LogP contribution in [0.1, 0.15) is 33.1 Å². The van der Waals surface area contributed by atoms with Crippen LogP contribution >= 0.6 is 11.6 Å². The molecule has 0 amide bonds. The molecule has 0 saturated heterocycles. The number of aliphatic hydroxyl groups excluding tert-OH is 1. The maximum absolute atomic E-state index is 10.9. The van der Waals surface area contributed by atoms with Gasteiger partial charge in [0.1, 0.15) is 6.29 Å². The molecule has 84 valence electrons. The number of carbonyl (C=O) groups excluding carboxylic acids is 1. The van der Waals surface area contributed by atoms with Crippen LogP contribution < -0.4 is 0 Å². The molecule has 0 aliphatic heterocycles. The van der Waals surface area contributed by atoms with Gasteiger partial charge in [-0.3, -0.25) is 4.79 Å². The van der Waals surface area contributed by atoms with E-state index in [0.29, 0.717) is 16.2 Å². The Morgan fingerprint density at radius 1 is 1.53 bits per heavy atom. The van der Waals surface area contributed by atoms with Crippen LogP contribution in [0.25, 0.3) is 0 Å². The first kappa shape index (κ1) is 12.3. The van der Waals surface area contributed by atoms with E-state index < -0.39 is 0 Å². The number of hydrogen-bond acceptors (Lipinski definition) is 2. The average molecular weight is 229 g/mol. The molecule has 0 saturated carbocycles. The quantitative estimate of drug-likeness (QED) is 0.580. The topological polar surface area (TPSA) is 37.3 Å². The minimum Gasteiger partial charge on any atom is -0.515 e. The van der Waals surface area contributed by atoms with Crippen LogP contribution in [0.2, 0.25) is 0 Å². The second-order valence-electron chi connectivity index (χ2n) is 4.06. The van der Waals surface area contributed by atoms with E-state index in [1.165, 1.54) is 0 Å². The van der Waals surface area contributed by atoms with Gasteiger partial charge in [-0.2, -0.15) is 0 Å². The van der Waals surface area contributed by atoms with Crippen molar-refractivity contribution in [2.45, 2.75) is 33.1 Å². The van der Waals surface area contributed by atoms with Crippen molar-refractivity contribution in [2.24, 2.45) is 11.8 Å². The molecule has 0 aromatic carbocycles. The molecule has 1 rings (SSSR count). The fourth-order valence-electron chi connectivity index (χ4n) is 2.08. The predicted octanol–water partition coefficient (Wildman–Crippen LogP) is 3.58. The van der Waals surface area contributed by atoms with Gasteiger partial charge in [-0.25, -0.2) is 0 Å². The number of hydrogen-bond donors (Lipinski definition) is 1. The fourth-order valence-corrected chi connectivity index (χ4v) is 2.51. The van der Waals surface area contributed by atoms with Crippen LogP contribution in [-0.4, -0.2) is 11.4 Å². The lowest BCUT2D eigenvalue weighted by Crippen LogP contribution is -2.02. The number of carbonyl (C=O) groups is 1.